The molecule has 25 heavy (non-hydrogen) atoms. The van der Waals surface area contributed by atoms with Gasteiger partial charge in [0.1, 0.15) is 0 Å². The maximum Gasteiger partial charge on any atom is 0.0823 e. The molecule has 0 heterocycles. The predicted octanol–water partition coefficient (Wildman–Crippen LogP) is 7.74. The Morgan fingerprint density at radius 3 is 2.36 bits per heavy atom. The third kappa shape index (κ3) is 16.3. The fraction of sp³-hybridized carbons (Fsp3) is 0.565. The van der Waals surface area contributed by atoms with E-state index in [0.717, 1.165) is 19.3 Å². The van der Waals surface area contributed by atoms with Crippen molar-refractivity contribution in [3.63, 3.8) is 0 Å². The van der Waals surface area contributed by atoms with Crippen LogP contribution in [0, 0.1) is 5.92 Å². The number of rotatable bonds is 15. The Morgan fingerprint density at radius 2 is 1.64 bits per heavy atom. The Balaban J connectivity index is 3.94. The maximum absolute atomic E-state index is 5.48. The highest BCUT2D eigenvalue weighted by atomic mass is 31.0. The monoisotopic (exact) mass is 362 g/mol. The van der Waals surface area contributed by atoms with Gasteiger partial charge in [0.15, 0.2) is 0 Å². The number of unbranched alkanes of at least 4 members (excludes halogenated alkanes) is 4. The van der Waals surface area contributed by atoms with E-state index in [1.54, 1.807) is 0 Å². The molecule has 0 fully saturated rings. The Morgan fingerprint density at radius 1 is 0.840 bits per heavy atom. The topological polar surface area (TPSA) is 9.23 Å². The van der Waals surface area contributed by atoms with Crippen LogP contribution in [-0.4, -0.2) is 6.10 Å². The van der Waals surface area contributed by atoms with E-state index in [-0.39, 0.29) is 6.10 Å². The van der Waals surface area contributed by atoms with E-state index in [0.29, 0.717) is 5.92 Å². The predicted molar refractivity (Wildman–Crippen MR) is 118 cm³/mol. The van der Waals surface area contributed by atoms with E-state index >= 15 is 0 Å². The molecule has 1 nitrogen and oxygen atoms in total. The molecular formula is C23H39OP. The van der Waals surface area contributed by atoms with Crippen molar-refractivity contribution >= 4 is 9.47 Å². The number of allylic oxidation sites excluding steroid dienone is 9. The molecule has 0 spiro atoms. The van der Waals surface area contributed by atoms with Crippen molar-refractivity contribution < 1.29 is 4.52 Å². The summed E-state index contributed by atoms with van der Waals surface area (Å²) < 4.78 is 5.48. The van der Waals surface area contributed by atoms with Crippen molar-refractivity contribution in [2.45, 2.75) is 78.2 Å². The zero-order valence-corrected chi connectivity index (χ0v) is 17.7. The number of hydrogen-bond donors (Lipinski definition) is 0. The van der Waals surface area contributed by atoms with Crippen LogP contribution in [-0.2, 0) is 4.52 Å². The summed E-state index contributed by atoms with van der Waals surface area (Å²) in [7, 11) is 2.39. The molecule has 0 aromatic carbocycles. The molecule has 3 unspecified atom stereocenters. The van der Waals surface area contributed by atoms with Gasteiger partial charge in [0.05, 0.1) is 6.10 Å². The first-order chi connectivity index (χ1) is 12.3. The average Bonchev–Trinajstić information content (AvgIpc) is 2.62. The molecule has 0 aromatic heterocycles. The molecule has 0 aliphatic rings. The Kier molecular flexibility index (Phi) is 18.7. The Bertz CT molecular complexity index is 418. The minimum Gasteiger partial charge on any atom is -0.358 e. The van der Waals surface area contributed by atoms with Gasteiger partial charge in [-0.2, -0.15) is 0 Å². The Labute approximate surface area is 159 Å². The summed E-state index contributed by atoms with van der Waals surface area (Å²) in [5.74, 6) is 0.475. The number of hydrogen-bond acceptors (Lipinski definition) is 1. The van der Waals surface area contributed by atoms with Gasteiger partial charge in [-0.15, -0.1) is 0 Å². The van der Waals surface area contributed by atoms with Gasteiger partial charge in [0, 0.05) is 9.47 Å². The van der Waals surface area contributed by atoms with Crippen LogP contribution in [0.5, 0.6) is 0 Å². The SMILES string of the molecule is CCC=CCC(C)C(C=CC=CC=CCC=CCCCCCC)OP. The average molecular weight is 363 g/mol. The van der Waals surface area contributed by atoms with E-state index < -0.39 is 0 Å². The van der Waals surface area contributed by atoms with Crippen molar-refractivity contribution in [1.82, 2.24) is 0 Å². The molecule has 0 amide bonds. The lowest BCUT2D eigenvalue weighted by atomic mass is 10.00. The minimum absolute atomic E-state index is 0.135. The first-order valence-electron chi connectivity index (χ1n) is 9.91. The standard InChI is InChI=1S/C23H39OP/c1-4-6-8-9-10-11-12-13-14-15-16-17-19-21-23(24-25)22(3)20-18-7-5-2/h7,11-12,14-19,21-23H,4-6,8-10,13,20,25H2,1-3H3. The lowest BCUT2D eigenvalue weighted by molar-refractivity contribution is 0.222. The molecule has 0 saturated carbocycles. The van der Waals surface area contributed by atoms with E-state index in [1.165, 1.54) is 32.1 Å². The van der Waals surface area contributed by atoms with Gasteiger partial charge in [-0.1, -0.05) is 101 Å². The van der Waals surface area contributed by atoms with Gasteiger partial charge in [-0.05, 0) is 38.0 Å². The fourth-order valence-electron chi connectivity index (χ4n) is 2.42. The van der Waals surface area contributed by atoms with E-state index in [2.05, 4.69) is 91.0 Å². The van der Waals surface area contributed by atoms with Gasteiger partial charge in [0.2, 0.25) is 0 Å². The molecule has 0 aliphatic carbocycles. The quantitative estimate of drug-likeness (QED) is 0.125. The second kappa shape index (κ2) is 19.4. The van der Waals surface area contributed by atoms with Crippen molar-refractivity contribution in [3.05, 3.63) is 60.8 Å². The van der Waals surface area contributed by atoms with Crippen LogP contribution in [0.1, 0.15) is 72.1 Å². The lowest BCUT2D eigenvalue weighted by Crippen LogP contribution is -2.14. The summed E-state index contributed by atoms with van der Waals surface area (Å²) in [6, 6.07) is 0. The molecule has 0 N–H and O–H groups in total. The molecule has 0 rings (SSSR count). The lowest BCUT2D eigenvalue weighted by Gasteiger charge is -2.17. The second-order valence-electron chi connectivity index (χ2n) is 6.45. The Hall–Kier alpha value is -0.910. The van der Waals surface area contributed by atoms with Gasteiger partial charge in [-0.25, -0.2) is 0 Å². The van der Waals surface area contributed by atoms with Crippen molar-refractivity contribution in [2.75, 3.05) is 0 Å². The summed E-state index contributed by atoms with van der Waals surface area (Å²) in [5.41, 5.74) is 0. The summed E-state index contributed by atoms with van der Waals surface area (Å²) in [6.45, 7) is 6.63. The van der Waals surface area contributed by atoms with Gasteiger partial charge in [-0.3, -0.25) is 0 Å². The molecule has 0 radical (unpaired) electrons. The highest BCUT2D eigenvalue weighted by Crippen LogP contribution is 2.16. The van der Waals surface area contributed by atoms with Gasteiger partial charge >= 0.3 is 0 Å². The van der Waals surface area contributed by atoms with Gasteiger partial charge in [0.25, 0.3) is 0 Å². The van der Waals surface area contributed by atoms with Crippen LogP contribution in [0.3, 0.4) is 0 Å². The maximum atomic E-state index is 5.48. The molecule has 0 aromatic rings. The van der Waals surface area contributed by atoms with E-state index in [4.69, 9.17) is 4.52 Å². The second-order valence-corrected chi connectivity index (χ2v) is 6.72. The van der Waals surface area contributed by atoms with E-state index in [1.807, 2.05) is 0 Å². The smallest absolute Gasteiger partial charge is 0.0823 e. The van der Waals surface area contributed by atoms with Crippen molar-refractivity contribution in [1.29, 1.82) is 0 Å². The zero-order chi connectivity index (χ0) is 18.6. The zero-order valence-electron chi connectivity index (χ0n) is 16.6. The molecule has 3 atom stereocenters. The summed E-state index contributed by atoms with van der Waals surface area (Å²) in [4.78, 5) is 0. The van der Waals surface area contributed by atoms with Crippen molar-refractivity contribution in [2.24, 2.45) is 5.92 Å². The minimum atomic E-state index is 0.135. The molecule has 142 valence electrons. The fourth-order valence-corrected chi connectivity index (χ4v) is 2.78. The summed E-state index contributed by atoms with van der Waals surface area (Å²) >= 11 is 0. The van der Waals surface area contributed by atoms with Crippen LogP contribution >= 0.6 is 9.47 Å². The normalized spacial score (nSPS) is 15.5. The van der Waals surface area contributed by atoms with Crippen LogP contribution in [0.25, 0.3) is 0 Å². The first kappa shape index (κ1) is 24.1. The molecule has 0 saturated heterocycles. The molecule has 2 heteroatoms. The van der Waals surface area contributed by atoms with E-state index in [9.17, 15) is 0 Å². The molecule has 0 bridgehead atoms. The van der Waals surface area contributed by atoms with Crippen molar-refractivity contribution in [3.8, 4) is 0 Å². The largest absolute Gasteiger partial charge is 0.358 e. The first-order valence-corrected chi connectivity index (χ1v) is 10.4. The van der Waals surface area contributed by atoms with Crippen LogP contribution < -0.4 is 0 Å². The summed E-state index contributed by atoms with van der Waals surface area (Å²) in [5, 5.41) is 0. The van der Waals surface area contributed by atoms with Crippen LogP contribution in [0.15, 0.2) is 60.8 Å². The van der Waals surface area contributed by atoms with Gasteiger partial charge < -0.3 is 4.52 Å². The highest BCUT2D eigenvalue weighted by molar-refractivity contribution is 7.09. The van der Waals surface area contributed by atoms with Crippen LogP contribution in [0.4, 0.5) is 0 Å². The van der Waals surface area contributed by atoms with Crippen LogP contribution in [0.2, 0.25) is 0 Å². The summed E-state index contributed by atoms with van der Waals surface area (Å²) in [6.07, 6.45) is 31.5. The highest BCUT2D eigenvalue weighted by Gasteiger charge is 2.11. The molecule has 0 aliphatic heterocycles. The third-order valence-electron chi connectivity index (χ3n) is 4.06. The molecular weight excluding hydrogens is 323 g/mol. The third-order valence-corrected chi connectivity index (χ3v) is 4.38.